The highest BCUT2D eigenvalue weighted by atomic mass is 32.2. The SMILES string of the molecule is CCOC(=O)C1(CC=Cc2ccccc2)CCCN(C(=O)CSc2nnc(C)s2)C1. The summed E-state index contributed by atoms with van der Waals surface area (Å²) in [5.74, 6) is 0.105. The predicted octanol–water partition coefficient (Wildman–Crippen LogP) is 4.21. The Morgan fingerprint density at radius 1 is 1.30 bits per heavy atom. The van der Waals surface area contributed by atoms with Gasteiger partial charge in [-0.3, -0.25) is 9.59 Å². The van der Waals surface area contributed by atoms with Crippen molar-refractivity contribution < 1.29 is 14.3 Å². The summed E-state index contributed by atoms with van der Waals surface area (Å²) in [4.78, 5) is 27.5. The molecule has 0 radical (unpaired) electrons. The fraction of sp³-hybridized carbons (Fsp3) is 0.455. The molecule has 160 valence electrons. The Bertz CT molecular complexity index is 885. The number of hydrogen-bond acceptors (Lipinski definition) is 7. The number of amides is 1. The van der Waals surface area contributed by atoms with Gasteiger partial charge in [0.15, 0.2) is 4.34 Å². The Labute approximate surface area is 185 Å². The van der Waals surface area contributed by atoms with Crippen molar-refractivity contribution in [1.82, 2.24) is 15.1 Å². The second-order valence-electron chi connectivity index (χ2n) is 7.31. The highest BCUT2D eigenvalue weighted by Gasteiger charge is 2.43. The minimum Gasteiger partial charge on any atom is -0.466 e. The van der Waals surface area contributed by atoms with Gasteiger partial charge in [-0.15, -0.1) is 10.2 Å². The fourth-order valence-corrected chi connectivity index (χ4v) is 5.30. The first-order valence-electron chi connectivity index (χ1n) is 10.1. The Morgan fingerprint density at radius 2 is 2.10 bits per heavy atom. The number of thioether (sulfide) groups is 1. The molecule has 30 heavy (non-hydrogen) atoms. The number of ether oxygens (including phenoxy) is 1. The van der Waals surface area contributed by atoms with Crippen LogP contribution in [0, 0.1) is 12.3 Å². The van der Waals surface area contributed by atoms with Crippen LogP contribution >= 0.6 is 23.1 Å². The lowest BCUT2D eigenvalue weighted by Gasteiger charge is -2.40. The Hall–Kier alpha value is -2.19. The molecule has 1 fully saturated rings. The molecule has 0 bridgehead atoms. The van der Waals surface area contributed by atoms with Crippen molar-refractivity contribution in [2.75, 3.05) is 25.4 Å². The normalized spacial score (nSPS) is 19.2. The number of likely N-dealkylation sites (tertiary alicyclic amines) is 1. The first kappa shape index (κ1) is 22.5. The quantitative estimate of drug-likeness (QED) is 0.448. The van der Waals surface area contributed by atoms with Crippen LogP contribution in [0.3, 0.4) is 0 Å². The van der Waals surface area contributed by atoms with Gasteiger partial charge in [-0.2, -0.15) is 0 Å². The molecule has 1 aliphatic heterocycles. The molecule has 0 saturated carbocycles. The van der Waals surface area contributed by atoms with Gasteiger partial charge in [-0.1, -0.05) is 65.6 Å². The summed E-state index contributed by atoms with van der Waals surface area (Å²) >= 11 is 2.88. The van der Waals surface area contributed by atoms with Crippen molar-refractivity contribution in [2.45, 2.75) is 37.4 Å². The van der Waals surface area contributed by atoms with E-state index in [0.717, 1.165) is 27.8 Å². The van der Waals surface area contributed by atoms with Gasteiger partial charge in [-0.05, 0) is 38.7 Å². The van der Waals surface area contributed by atoms with E-state index in [1.165, 1.54) is 23.1 Å². The van der Waals surface area contributed by atoms with Crippen molar-refractivity contribution in [3.05, 3.63) is 47.0 Å². The third-order valence-electron chi connectivity index (χ3n) is 5.08. The first-order chi connectivity index (χ1) is 14.5. The van der Waals surface area contributed by atoms with Crippen LogP contribution in [0.15, 0.2) is 40.7 Å². The van der Waals surface area contributed by atoms with Gasteiger partial charge in [0.1, 0.15) is 5.01 Å². The molecule has 8 heteroatoms. The maximum Gasteiger partial charge on any atom is 0.314 e. The van der Waals surface area contributed by atoms with Gasteiger partial charge in [0.25, 0.3) is 0 Å². The van der Waals surface area contributed by atoms with Crippen LogP contribution in [0.25, 0.3) is 6.08 Å². The van der Waals surface area contributed by atoms with Crippen molar-refractivity contribution >= 4 is 41.1 Å². The van der Waals surface area contributed by atoms with Gasteiger partial charge in [-0.25, -0.2) is 0 Å². The molecule has 1 aromatic carbocycles. The van der Waals surface area contributed by atoms with Gasteiger partial charge < -0.3 is 9.64 Å². The second-order valence-corrected chi connectivity index (χ2v) is 9.72. The number of aromatic nitrogens is 2. The van der Waals surface area contributed by atoms with Crippen LogP contribution in [0.5, 0.6) is 0 Å². The number of esters is 1. The van der Waals surface area contributed by atoms with Gasteiger partial charge in [0.05, 0.1) is 17.8 Å². The zero-order valence-corrected chi connectivity index (χ0v) is 19.0. The molecule has 2 aromatic rings. The third-order valence-corrected chi connectivity index (χ3v) is 7.04. The molecule has 1 atom stereocenters. The summed E-state index contributed by atoms with van der Waals surface area (Å²) < 4.78 is 6.21. The van der Waals surface area contributed by atoms with Gasteiger partial charge in [0.2, 0.25) is 5.91 Å². The zero-order valence-electron chi connectivity index (χ0n) is 17.4. The maximum absolute atomic E-state index is 12.9. The van der Waals surface area contributed by atoms with E-state index in [1.807, 2.05) is 56.3 Å². The average Bonchev–Trinajstić information content (AvgIpc) is 3.18. The van der Waals surface area contributed by atoms with E-state index in [1.54, 1.807) is 4.90 Å². The summed E-state index contributed by atoms with van der Waals surface area (Å²) in [5, 5.41) is 8.93. The number of carbonyl (C=O) groups excluding carboxylic acids is 2. The van der Waals surface area contributed by atoms with Crippen molar-refractivity contribution in [2.24, 2.45) is 5.41 Å². The summed E-state index contributed by atoms with van der Waals surface area (Å²) in [5.41, 5.74) is 0.392. The largest absolute Gasteiger partial charge is 0.466 e. The van der Waals surface area contributed by atoms with Crippen molar-refractivity contribution in [3.8, 4) is 0 Å². The molecular formula is C22H27N3O3S2. The van der Waals surface area contributed by atoms with Crippen LogP contribution in [-0.2, 0) is 14.3 Å². The molecular weight excluding hydrogens is 418 g/mol. The Morgan fingerprint density at radius 3 is 2.80 bits per heavy atom. The molecule has 0 aliphatic carbocycles. The monoisotopic (exact) mass is 445 g/mol. The van der Waals surface area contributed by atoms with Crippen LogP contribution in [0.1, 0.15) is 36.8 Å². The van der Waals surface area contributed by atoms with Crippen molar-refractivity contribution in [1.29, 1.82) is 0 Å². The van der Waals surface area contributed by atoms with E-state index in [4.69, 9.17) is 4.74 Å². The smallest absolute Gasteiger partial charge is 0.314 e. The molecule has 1 amide bonds. The summed E-state index contributed by atoms with van der Waals surface area (Å²) in [6.07, 6.45) is 6.10. The van der Waals surface area contributed by atoms with E-state index in [-0.39, 0.29) is 11.9 Å². The lowest BCUT2D eigenvalue weighted by Crippen LogP contribution is -2.50. The predicted molar refractivity (Wildman–Crippen MR) is 120 cm³/mol. The molecule has 3 rings (SSSR count). The second kappa shape index (κ2) is 10.7. The lowest BCUT2D eigenvalue weighted by atomic mass is 9.76. The summed E-state index contributed by atoms with van der Waals surface area (Å²) in [6, 6.07) is 9.99. The highest BCUT2D eigenvalue weighted by Crippen LogP contribution is 2.36. The number of aryl methyl sites for hydroxylation is 1. The molecule has 1 saturated heterocycles. The van der Waals surface area contributed by atoms with Gasteiger partial charge >= 0.3 is 5.97 Å². The van der Waals surface area contributed by atoms with E-state index in [2.05, 4.69) is 10.2 Å². The number of nitrogens with zero attached hydrogens (tertiary/aromatic N) is 3. The summed E-state index contributed by atoms with van der Waals surface area (Å²) in [7, 11) is 0. The minimum absolute atomic E-state index is 0.0215. The molecule has 1 aromatic heterocycles. The maximum atomic E-state index is 12.9. The Balaban J connectivity index is 1.67. The minimum atomic E-state index is -0.695. The fourth-order valence-electron chi connectivity index (χ4n) is 3.58. The molecule has 0 spiro atoms. The topological polar surface area (TPSA) is 72.4 Å². The number of hydrogen-bond donors (Lipinski definition) is 0. The van der Waals surface area contributed by atoms with Gasteiger partial charge in [0, 0.05) is 13.1 Å². The first-order valence-corrected chi connectivity index (χ1v) is 11.9. The standard InChI is InChI=1S/C22H27N3O3S2/c1-3-28-20(27)22(12-7-11-18-9-5-4-6-10-18)13-8-14-25(16-22)19(26)15-29-21-24-23-17(2)30-21/h4-7,9-11H,3,8,12-16H2,1-2H3. The average molecular weight is 446 g/mol. The summed E-state index contributed by atoms with van der Waals surface area (Å²) in [6.45, 7) is 5.10. The number of allylic oxidation sites excluding steroid dienone is 1. The lowest BCUT2D eigenvalue weighted by molar-refractivity contribution is -0.160. The molecule has 2 heterocycles. The van der Waals surface area contributed by atoms with E-state index in [0.29, 0.717) is 31.9 Å². The van der Waals surface area contributed by atoms with E-state index < -0.39 is 5.41 Å². The molecule has 1 aliphatic rings. The van der Waals surface area contributed by atoms with Crippen LogP contribution in [-0.4, -0.2) is 52.4 Å². The number of rotatable bonds is 8. The van der Waals surface area contributed by atoms with Crippen LogP contribution in [0.4, 0.5) is 0 Å². The Kier molecular flexibility index (Phi) is 8.04. The molecule has 1 unspecified atom stereocenters. The molecule has 0 N–H and O–H groups in total. The molecule has 6 nitrogen and oxygen atoms in total. The van der Waals surface area contributed by atoms with Crippen molar-refractivity contribution in [3.63, 3.8) is 0 Å². The number of carbonyl (C=O) groups is 2. The number of piperidine rings is 1. The number of benzene rings is 1. The highest BCUT2D eigenvalue weighted by molar-refractivity contribution is 8.01. The third kappa shape index (κ3) is 5.92. The van der Waals surface area contributed by atoms with Crippen LogP contribution in [0.2, 0.25) is 0 Å². The van der Waals surface area contributed by atoms with E-state index in [9.17, 15) is 9.59 Å². The van der Waals surface area contributed by atoms with E-state index >= 15 is 0 Å². The van der Waals surface area contributed by atoms with Crippen LogP contribution < -0.4 is 0 Å². The zero-order chi connectivity index (χ0) is 21.4.